The molecule has 0 bridgehead atoms. The second-order valence-electron chi connectivity index (χ2n) is 3.93. The van der Waals surface area contributed by atoms with Gasteiger partial charge >= 0.3 is 0 Å². The maximum Gasteiger partial charge on any atom is 0.277 e. The first-order chi connectivity index (χ1) is 7.63. The first-order valence-electron chi connectivity index (χ1n) is 5.18. The Balaban J connectivity index is 2.72. The number of rotatable bonds is 2. The largest absolute Gasteiger partial charge is 0.495 e. The fourth-order valence-electron chi connectivity index (χ4n) is 1.64. The van der Waals surface area contributed by atoms with E-state index >= 15 is 0 Å². The van der Waals surface area contributed by atoms with Crippen molar-refractivity contribution < 1.29 is 4.74 Å². The third-order valence-electron chi connectivity index (χ3n) is 2.54. The number of aromatic nitrogens is 2. The van der Waals surface area contributed by atoms with E-state index in [1.807, 2.05) is 26.0 Å². The highest BCUT2D eigenvalue weighted by Gasteiger charge is 2.07. The van der Waals surface area contributed by atoms with E-state index in [0.29, 0.717) is 11.3 Å². The number of fused-ring (bicyclic) bond motifs is 1. The van der Waals surface area contributed by atoms with Crippen molar-refractivity contribution in [2.45, 2.75) is 19.9 Å². The average molecular weight is 218 g/mol. The molecule has 0 amide bonds. The molecule has 0 aliphatic rings. The van der Waals surface area contributed by atoms with E-state index in [0.717, 1.165) is 5.39 Å². The van der Waals surface area contributed by atoms with Crippen LogP contribution in [0, 0.1) is 0 Å². The van der Waals surface area contributed by atoms with Crippen LogP contribution in [0.1, 0.15) is 19.9 Å². The SMILES string of the molecule is COc1cnc2c(=O)n(C(C)C)ccc2c1. The first-order valence-corrected chi connectivity index (χ1v) is 5.18. The van der Waals surface area contributed by atoms with Crippen molar-refractivity contribution in [1.82, 2.24) is 9.55 Å². The number of hydrogen-bond acceptors (Lipinski definition) is 3. The molecule has 0 radical (unpaired) electrons. The molecule has 2 heterocycles. The molecular formula is C12H14N2O2. The van der Waals surface area contributed by atoms with Gasteiger partial charge in [-0.2, -0.15) is 0 Å². The lowest BCUT2D eigenvalue weighted by Crippen LogP contribution is -2.21. The molecule has 0 aliphatic heterocycles. The minimum Gasteiger partial charge on any atom is -0.495 e. The van der Waals surface area contributed by atoms with Gasteiger partial charge in [-0.25, -0.2) is 4.98 Å². The molecule has 4 nitrogen and oxygen atoms in total. The molecule has 16 heavy (non-hydrogen) atoms. The van der Waals surface area contributed by atoms with Crippen LogP contribution >= 0.6 is 0 Å². The van der Waals surface area contributed by atoms with Crippen LogP contribution in [-0.4, -0.2) is 16.7 Å². The molecule has 0 saturated carbocycles. The van der Waals surface area contributed by atoms with Gasteiger partial charge in [-0.1, -0.05) is 0 Å². The predicted molar refractivity (Wildman–Crippen MR) is 62.9 cm³/mol. The van der Waals surface area contributed by atoms with Gasteiger partial charge in [0.25, 0.3) is 5.56 Å². The zero-order valence-corrected chi connectivity index (χ0v) is 9.60. The van der Waals surface area contributed by atoms with Crippen molar-refractivity contribution in [2.24, 2.45) is 0 Å². The molecule has 0 aliphatic carbocycles. The Morgan fingerprint density at radius 2 is 2.19 bits per heavy atom. The summed E-state index contributed by atoms with van der Waals surface area (Å²) in [7, 11) is 1.58. The number of methoxy groups -OCH3 is 1. The Bertz CT molecular complexity index is 573. The summed E-state index contributed by atoms with van der Waals surface area (Å²) in [4.78, 5) is 16.2. The summed E-state index contributed by atoms with van der Waals surface area (Å²) in [5, 5.41) is 0.807. The van der Waals surface area contributed by atoms with Crippen molar-refractivity contribution in [2.75, 3.05) is 7.11 Å². The van der Waals surface area contributed by atoms with Crippen molar-refractivity contribution >= 4 is 10.9 Å². The van der Waals surface area contributed by atoms with Gasteiger partial charge in [0.05, 0.1) is 13.3 Å². The second-order valence-corrected chi connectivity index (χ2v) is 3.93. The van der Waals surface area contributed by atoms with Crippen LogP contribution in [0.15, 0.2) is 29.3 Å². The molecule has 0 aromatic carbocycles. The minimum absolute atomic E-state index is 0.0600. The zero-order chi connectivity index (χ0) is 11.7. The topological polar surface area (TPSA) is 44.1 Å². The highest BCUT2D eigenvalue weighted by molar-refractivity contribution is 5.78. The Labute approximate surface area is 93.5 Å². The molecule has 0 atom stereocenters. The van der Waals surface area contributed by atoms with Gasteiger partial charge in [0, 0.05) is 17.6 Å². The normalized spacial score (nSPS) is 11.0. The maximum absolute atomic E-state index is 12.0. The Hall–Kier alpha value is -1.84. The minimum atomic E-state index is -0.0600. The molecule has 0 fully saturated rings. The molecule has 84 valence electrons. The van der Waals surface area contributed by atoms with Crippen molar-refractivity contribution in [3.8, 4) is 5.75 Å². The van der Waals surface area contributed by atoms with Gasteiger partial charge in [-0.15, -0.1) is 0 Å². The van der Waals surface area contributed by atoms with Gasteiger partial charge in [0.15, 0.2) is 0 Å². The lowest BCUT2D eigenvalue weighted by molar-refractivity contribution is 0.413. The Morgan fingerprint density at radius 3 is 2.81 bits per heavy atom. The fourth-order valence-corrected chi connectivity index (χ4v) is 1.64. The Kier molecular flexibility index (Phi) is 2.64. The van der Waals surface area contributed by atoms with Crippen LogP contribution < -0.4 is 10.3 Å². The van der Waals surface area contributed by atoms with Gasteiger partial charge in [0.1, 0.15) is 11.3 Å². The van der Waals surface area contributed by atoms with E-state index < -0.39 is 0 Å². The molecular weight excluding hydrogens is 204 g/mol. The quantitative estimate of drug-likeness (QED) is 0.774. The van der Waals surface area contributed by atoms with Crippen LogP contribution in [0.4, 0.5) is 0 Å². The van der Waals surface area contributed by atoms with Crippen LogP contribution in [0.3, 0.4) is 0 Å². The van der Waals surface area contributed by atoms with Crippen molar-refractivity contribution in [3.05, 3.63) is 34.9 Å². The standard InChI is InChI=1S/C12H14N2O2/c1-8(2)14-5-4-9-6-10(16-3)7-13-11(9)12(14)15/h4-8H,1-3H3. The van der Waals surface area contributed by atoms with E-state index in [4.69, 9.17) is 4.74 Å². The molecule has 0 unspecified atom stereocenters. The monoisotopic (exact) mass is 218 g/mol. The van der Waals surface area contributed by atoms with Crippen molar-refractivity contribution in [3.63, 3.8) is 0 Å². The summed E-state index contributed by atoms with van der Waals surface area (Å²) >= 11 is 0. The van der Waals surface area contributed by atoms with Gasteiger partial charge in [-0.3, -0.25) is 4.79 Å². The van der Waals surface area contributed by atoms with Crippen LogP contribution in [-0.2, 0) is 0 Å². The number of pyridine rings is 2. The van der Waals surface area contributed by atoms with Crippen molar-refractivity contribution in [1.29, 1.82) is 0 Å². The second kappa shape index (κ2) is 3.96. The molecule has 2 aromatic heterocycles. The summed E-state index contributed by atoms with van der Waals surface area (Å²) < 4.78 is 6.74. The summed E-state index contributed by atoms with van der Waals surface area (Å²) in [5.74, 6) is 0.661. The molecule has 2 rings (SSSR count). The number of nitrogens with zero attached hydrogens (tertiary/aromatic N) is 2. The smallest absolute Gasteiger partial charge is 0.277 e. The maximum atomic E-state index is 12.0. The highest BCUT2D eigenvalue weighted by atomic mass is 16.5. The van der Waals surface area contributed by atoms with Gasteiger partial charge in [0.2, 0.25) is 0 Å². The van der Waals surface area contributed by atoms with E-state index in [1.54, 1.807) is 24.1 Å². The van der Waals surface area contributed by atoms with E-state index in [1.165, 1.54) is 0 Å². The first kappa shape index (κ1) is 10.7. The fraction of sp³-hybridized carbons (Fsp3) is 0.333. The lowest BCUT2D eigenvalue weighted by atomic mass is 10.2. The average Bonchev–Trinajstić information content (AvgIpc) is 2.28. The van der Waals surface area contributed by atoms with Crippen LogP contribution in [0.2, 0.25) is 0 Å². The van der Waals surface area contributed by atoms with Gasteiger partial charge < -0.3 is 9.30 Å². The van der Waals surface area contributed by atoms with E-state index in [-0.39, 0.29) is 11.6 Å². The number of ether oxygens (including phenoxy) is 1. The third-order valence-corrected chi connectivity index (χ3v) is 2.54. The Morgan fingerprint density at radius 1 is 1.44 bits per heavy atom. The van der Waals surface area contributed by atoms with Gasteiger partial charge in [-0.05, 0) is 26.0 Å². The lowest BCUT2D eigenvalue weighted by Gasteiger charge is -2.10. The molecule has 0 N–H and O–H groups in total. The number of hydrogen-bond donors (Lipinski definition) is 0. The van der Waals surface area contributed by atoms with E-state index in [9.17, 15) is 4.79 Å². The summed E-state index contributed by atoms with van der Waals surface area (Å²) in [6.45, 7) is 3.94. The molecule has 0 spiro atoms. The molecule has 0 saturated heterocycles. The summed E-state index contributed by atoms with van der Waals surface area (Å²) in [6.07, 6.45) is 3.35. The third kappa shape index (κ3) is 1.66. The zero-order valence-electron chi connectivity index (χ0n) is 9.60. The molecule has 4 heteroatoms. The van der Waals surface area contributed by atoms with E-state index in [2.05, 4.69) is 4.98 Å². The highest BCUT2D eigenvalue weighted by Crippen LogP contribution is 2.15. The van der Waals surface area contributed by atoms with Crippen LogP contribution in [0.5, 0.6) is 5.75 Å². The molecule has 2 aromatic rings. The predicted octanol–water partition coefficient (Wildman–Crippen LogP) is 1.99. The summed E-state index contributed by atoms with van der Waals surface area (Å²) in [5.41, 5.74) is 0.423. The van der Waals surface area contributed by atoms with Crippen LogP contribution in [0.25, 0.3) is 10.9 Å². The summed E-state index contributed by atoms with van der Waals surface area (Å²) in [6, 6.07) is 3.83.